The summed E-state index contributed by atoms with van der Waals surface area (Å²) in [5.41, 5.74) is 5.70. The number of benzene rings is 2. The summed E-state index contributed by atoms with van der Waals surface area (Å²) >= 11 is 0. The minimum absolute atomic E-state index is 0.0343. The number of carbonyl (C=O) groups is 1. The Bertz CT molecular complexity index is 942. The van der Waals surface area contributed by atoms with Crippen LogP contribution < -0.4 is 5.32 Å². The van der Waals surface area contributed by atoms with Crippen molar-refractivity contribution in [1.29, 1.82) is 0 Å². The van der Waals surface area contributed by atoms with E-state index in [1.165, 1.54) is 22.3 Å². The Morgan fingerprint density at radius 3 is 2.50 bits per heavy atom. The van der Waals surface area contributed by atoms with Gasteiger partial charge in [-0.2, -0.15) is 15.4 Å². The molecule has 1 unspecified atom stereocenters. The smallest absolute Gasteiger partial charge is 0.409 e. The first-order chi connectivity index (χ1) is 13.8. The van der Waals surface area contributed by atoms with Crippen LogP contribution in [-0.2, 0) is 4.74 Å². The van der Waals surface area contributed by atoms with Gasteiger partial charge in [0.1, 0.15) is 12.3 Å². The largest absolute Gasteiger partial charge is 0.448 e. The molecule has 1 aliphatic heterocycles. The maximum atomic E-state index is 12.7. The second kappa shape index (κ2) is 7.09. The fourth-order valence-corrected chi connectivity index (χ4v) is 4.18. The number of rotatable bonds is 3. The van der Waals surface area contributed by atoms with Crippen LogP contribution in [0.5, 0.6) is 0 Å². The Labute approximate surface area is 162 Å². The predicted molar refractivity (Wildman–Crippen MR) is 104 cm³/mol. The molecule has 28 heavy (non-hydrogen) atoms. The highest BCUT2D eigenvalue weighted by Crippen LogP contribution is 2.44. The quantitative estimate of drug-likeness (QED) is 0.735. The van der Waals surface area contributed by atoms with Crippen LogP contribution in [-0.4, -0.2) is 52.6 Å². The van der Waals surface area contributed by atoms with E-state index < -0.39 is 0 Å². The van der Waals surface area contributed by atoms with Crippen LogP contribution in [0.25, 0.3) is 11.1 Å². The molecule has 2 heterocycles. The Hall–Kier alpha value is -3.19. The summed E-state index contributed by atoms with van der Waals surface area (Å²) in [6, 6.07) is 16.7. The molecule has 5 rings (SSSR count). The third-order valence-electron chi connectivity index (χ3n) is 5.56. The third kappa shape index (κ3) is 2.93. The van der Waals surface area contributed by atoms with Crippen molar-refractivity contribution in [2.45, 2.75) is 12.0 Å². The topological polar surface area (TPSA) is 83.1 Å². The van der Waals surface area contributed by atoms with Crippen LogP contribution in [0, 0.1) is 0 Å². The van der Waals surface area contributed by atoms with E-state index in [2.05, 4.69) is 57.1 Å². The summed E-state index contributed by atoms with van der Waals surface area (Å²) in [5.74, 6) is 0.0746. The molecule has 2 aliphatic rings. The van der Waals surface area contributed by atoms with Crippen LogP contribution >= 0.6 is 0 Å². The zero-order valence-electron chi connectivity index (χ0n) is 15.3. The Morgan fingerprint density at radius 1 is 1.11 bits per heavy atom. The van der Waals surface area contributed by atoms with Gasteiger partial charge in [-0.3, -0.25) is 0 Å². The zero-order valence-corrected chi connectivity index (χ0v) is 15.3. The molecule has 0 saturated carbocycles. The number of aromatic amines is 1. The molecule has 1 aromatic heterocycles. The summed E-state index contributed by atoms with van der Waals surface area (Å²) in [7, 11) is 0. The third-order valence-corrected chi connectivity index (χ3v) is 5.56. The number of carbonyl (C=O) groups excluding carboxylic acids is 1. The molecule has 1 aliphatic carbocycles. The standard InChI is InChI=1S/C21H21N5O2/c27-21(26-10-9-22-20(12-26)19-11-23-25-24-19)28-13-18-16-7-3-1-5-14(16)15-6-2-4-8-17(15)18/h1-8,11,18,20,22H,9-10,12-13H2,(H,23,24,25). The minimum atomic E-state index is -0.281. The molecule has 1 atom stereocenters. The zero-order chi connectivity index (χ0) is 18.9. The molecule has 0 bridgehead atoms. The van der Waals surface area contributed by atoms with E-state index in [0.717, 1.165) is 5.69 Å². The molecule has 3 aromatic rings. The summed E-state index contributed by atoms with van der Waals surface area (Å²) < 4.78 is 5.76. The van der Waals surface area contributed by atoms with Gasteiger partial charge in [0.05, 0.1) is 12.2 Å². The van der Waals surface area contributed by atoms with Gasteiger partial charge in [-0.25, -0.2) is 4.79 Å². The lowest BCUT2D eigenvalue weighted by atomic mass is 9.98. The fourth-order valence-electron chi connectivity index (χ4n) is 4.18. The van der Waals surface area contributed by atoms with E-state index in [9.17, 15) is 4.79 Å². The molecule has 1 amide bonds. The number of nitrogens with zero attached hydrogens (tertiary/aromatic N) is 3. The second-order valence-corrected chi connectivity index (χ2v) is 7.15. The summed E-state index contributed by atoms with van der Waals surface area (Å²) in [5, 5.41) is 13.9. The van der Waals surface area contributed by atoms with Crippen molar-refractivity contribution >= 4 is 6.09 Å². The predicted octanol–water partition coefficient (Wildman–Crippen LogP) is 2.70. The SMILES string of the molecule is O=C(OCC1c2ccccc2-c2ccccc21)N1CCNC(c2cn[nH]n2)C1. The lowest BCUT2D eigenvalue weighted by molar-refractivity contribution is 0.0880. The number of aromatic nitrogens is 3. The summed E-state index contributed by atoms with van der Waals surface area (Å²) in [6.45, 7) is 2.17. The number of piperazine rings is 1. The average molecular weight is 375 g/mol. The number of nitrogens with one attached hydrogen (secondary N) is 2. The molecule has 2 N–H and O–H groups in total. The van der Waals surface area contributed by atoms with E-state index in [4.69, 9.17) is 4.74 Å². The van der Waals surface area contributed by atoms with Crippen LogP contribution in [0.1, 0.15) is 28.8 Å². The van der Waals surface area contributed by atoms with E-state index in [0.29, 0.717) is 26.2 Å². The van der Waals surface area contributed by atoms with Gasteiger partial charge in [-0.15, -0.1) is 0 Å². The lowest BCUT2D eigenvalue weighted by Crippen LogP contribution is -2.48. The lowest BCUT2D eigenvalue weighted by Gasteiger charge is -2.32. The van der Waals surface area contributed by atoms with Gasteiger partial charge >= 0.3 is 6.09 Å². The Balaban J connectivity index is 1.29. The number of H-pyrrole nitrogens is 1. The van der Waals surface area contributed by atoms with Crippen molar-refractivity contribution in [2.24, 2.45) is 0 Å². The van der Waals surface area contributed by atoms with E-state index in [-0.39, 0.29) is 18.1 Å². The van der Waals surface area contributed by atoms with Crippen molar-refractivity contribution in [2.75, 3.05) is 26.2 Å². The molecular formula is C21H21N5O2. The normalized spacial score (nSPS) is 18.6. The first-order valence-corrected chi connectivity index (χ1v) is 9.50. The summed E-state index contributed by atoms with van der Waals surface area (Å²) in [4.78, 5) is 14.5. The van der Waals surface area contributed by atoms with E-state index in [1.807, 2.05) is 12.1 Å². The molecule has 7 heteroatoms. The number of hydrogen-bond acceptors (Lipinski definition) is 5. The minimum Gasteiger partial charge on any atom is -0.448 e. The number of ether oxygens (including phenoxy) is 1. The number of hydrogen-bond donors (Lipinski definition) is 2. The fraction of sp³-hybridized carbons (Fsp3) is 0.286. The van der Waals surface area contributed by atoms with E-state index >= 15 is 0 Å². The van der Waals surface area contributed by atoms with Gasteiger partial charge in [-0.05, 0) is 22.3 Å². The first-order valence-electron chi connectivity index (χ1n) is 9.50. The first kappa shape index (κ1) is 16.9. The molecule has 1 saturated heterocycles. The van der Waals surface area contributed by atoms with Gasteiger partial charge in [0.15, 0.2) is 0 Å². The van der Waals surface area contributed by atoms with Gasteiger partial charge in [-0.1, -0.05) is 48.5 Å². The monoisotopic (exact) mass is 375 g/mol. The van der Waals surface area contributed by atoms with Crippen molar-refractivity contribution in [1.82, 2.24) is 25.6 Å². The van der Waals surface area contributed by atoms with Crippen molar-refractivity contribution in [3.8, 4) is 11.1 Å². The van der Waals surface area contributed by atoms with Crippen LogP contribution in [0.3, 0.4) is 0 Å². The van der Waals surface area contributed by atoms with Crippen LogP contribution in [0.2, 0.25) is 0 Å². The molecule has 142 valence electrons. The maximum Gasteiger partial charge on any atom is 0.409 e. The molecule has 0 spiro atoms. The Kier molecular flexibility index (Phi) is 4.29. The maximum absolute atomic E-state index is 12.7. The van der Waals surface area contributed by atoms with Gasteiger partial charge < -0.3 is 15.0 Å². The highest BCUT2D eigenvalue weighted by atomic mass is 16.6. The number of amides is 1. The van der Waals surface area contributed by atoms with Crippen molar-refractivity contribution in [3.63, 3.8) is 0 Å². The van der Waals surface area contributed by atoms with Gasteiger partial charge in [0, 0.05) is 25.6 Å². The van der Waals surface area contributed by atoms with Crippen molar-refractivity contribution < 1.29 is 9.53 Å². The molecule has 0 radical (unpaired) electrons. The van der Waals surface area contributed by atoms with Crippen molar-refractivity contribution in [3.05, 3.63) is 71.5 Å². The highest BCUT2D eigenvalue weighted by molar-refractivity contribution is 5.79. The van der Waals surface area contributed by atoms with Crippen LogP contribution in [0.4, 0.5) is 4.79 Å². The van der Waals surface area contributed by atoms with Gasteiger partial charge in [0.2, 0.25) is 0 Å². The van der Waals surface area contributed by atoms with Crippen LogP contribution in [0.15, 0.2) is 54.7 Å². The number of fused-ring (bicyclic) bond motifs is 3. The Morgan fingerprint density at radius 2 is 1.82 bits per heavy atom. The molecular weight excluding hydrogens is 354 g/mol. The molecule has 1 fully saturated rings. The summed E-state index contributed by atoms with van der Waals surface area (Å²) in [6.07, 6.45) is 1.40. The second-order valence-electron chi connectivity index (χ2n) is 7.15. The van der Waals surface area contributed by atoms with Gasteiger partial charge in [0.25, 0.3) is 0 Å². The molecule has 2 aromatic carbocycles. The van der Waals surface area contributed by atoms with E-state index in [1.54, 1.807) is 11.1 Å². The molecule has 7 nitrogen and oxygen atoms in total. The highest BCUT2D eigenvalue weighted by Gasteiger charge is 2.31. The average Bonchev–Trinajstić information content (AvgIpc) is 3.39.